The first-order chi connectivity index (χ1) is 15.0. The van der Waals surface area contributed by atoms with Crippen LogP contribution in [0, 0.1) is 12.8 Å². The van der Waals surface area contributed by atoms with E-state index in [1.165, 1.54) is 0 Å². The molecule has 5 heteroatoms. The SMILES string of the molecule is Cc1ccc([C@H](C(=O)NC2CCC(C)CC2)N(CCc2ccccc2)C(=O)CCl)cc1. The largest absolute Gasteiger partial charge is 0.351 e. The Kier molecular flexibility index (Phi) is 8.53. The van der Waals surface area contributed by atoms with E-state index < -0.39 is 6.04 Å². The summed E-state index contributed by atoms with van der Waals surface area (Å²) in [6.45, 7) is 4.71. The van der Waals surface area contributed by atoms with Crippen molar-refractivity contribution in [3.8, 4) is 0 Å². The molecule has 0 radical (unpaired) electrons. The minimum absolute atomic E-state index is 0.116. The van der Waals surface area contributed by atoms with Gasteiger partial charge in [-0.15, -0.1) is 11.6 Å². The first-order valence-electron chi connectivity index (χ1n) is 11.2. The first-order valence-corrected chi connectivity index (χ1v) is 11.8. The molecule has 31 heavy (non-hydrogen) atoms. The van der Waals surface area contributed by atoms with E-state index in [0.29, 0.717) is 18.9 Å². The normalized spacial score (nSPS) is 19.5. The molecule has 0 saturated heterocycles. The fraction of sp³-hybridized carbons (Fsp3) is 0.462. The quantitative estimate of drug-likeness (QED) is 0.584. The van der Waals surface area contributed by atoms with Gasteiger partial charge >= 0.3 is 0 Å². The van der Waals surface area contributed by atoms with Crippen LogP contribution in [0.4, 0.5) is 0 Å². The first kappa shape index (κ1) is 23.3. The van der Waals surface area contributed by atoms with Crippen molar-refractivity contribution in [3.63, 3.8) is 0 Å². The van der Waals surface area contributed by atoms with Crippen LogP contribution in [-0.4, -0.2) is 35.2 Å². The van der Waals surface area contributed by atoms with Crippen molar-refractivity contribution in [3.05, 3.63) is 71.3 Å². The number of nitrogens with zero attached hydrogens (tertiary/aromatic N) is 1. The van der Waals surface area contributed by atoms with Crippen LogP contribution < -0.4 is 5.32 Å². The Morgan fingerprint density at radius 3 is 2.29 bits per heavy atom. The number of aryl methyl sites for hydroxylation is 1. The van der Waals surface area contributed by atoms with Gasteiger partial charge in [0.2, 0.25) is 11.8 Å². The summed E-state index contributed by atoms with van der Waals surface area (Å²) in [7, 11) is 0. The maximum Gasteiger partial charge on any atom is 0.247 e. The van der Waals surface area contributed by atoms with Crippen molar-refractivity contribution in [1.82, 2.24) is 10.2 Å². The molecule has 2 amide bonds. The summed E-state index contributed by atoms with van der Waals surface area (Å²) in [6, 6.07) is 17.3. The summed E-state index contributed by atoms with van der Waals surface area (Å²) < 4.78 is 0. The fourth-order valence-corrected chi connectivity index (χ4v) is 4.43. The van der Waals surface area contributed by atoms with E-state index in [2.05, 4.69) is 12.2 Å². The second kappa shape index (κ2) is 11.3. The van der Waals surface area contributed by atoms with E-state index >= 15 is 0 Å². The van der Waals surface area contributed by atoms with Crippen molar-refractivity contribution < 1.29 is 9.59 Å². The van der Waals surface area contributed by atoms with Crippen LogP contribution in [0.1, 0.15) is 55.3 Å². The van der Waals surface area contributed by atoms with E-state index in [-0.39, 0.29) is 23.7 Å². The molecule has 1 N–H and O–H groups in total. The highest BCUT2D eigenvalue weighted by Crippen LogP contribution is 2.27. The third-order valence-electron chi connectivity index (χ3n) is 6.23. The van der Waals surface area contributed by atoms with Crippen LogP contribution in [-0.2, 0) is 16.0 Å². The lowest BCUT2D eigenvalue weighted by Crippen LogP contribution is -2.48. The van der Waals surface area contributed by atoms with Gasteiger partial charge in [0, 0.05) is 12.6 Å². The van der Waals surface area contributed by atoms with Gasteiger partial charge in [-0.05, 0) is 56.1 Å². The zero-order chi connectivity index (χ0) is 22.2. The Balaban J connectivity index is 1.84. The molecule has 1 aliphatic carbocycles. The van der Waals surface area contributed by atoms with E-state index in [4.69, 9.17) is 11.6 Å². The number of carbonyl (C=O) groups is 2. The number of alkyl halides is 1. The second-order valence-corrected chi connectivity index (χ2v) is 9.00. The number of rotatable bonds is 8. The molecule has 0 heterocycles. The molecule has 1 saturated carbocycles. The van der Waals surface area contributed by atoms with Crippen LogP contribution in [0.25, 0.3) is 0 Å². The molecule has 1 atom stereocenters. The number of nitrogens with one attached hydrogen (secondary N) is 1. The lowest BCUT2D eigenvalue weighted by Gasteiger charge is -2.34. The van der Waals surface area contributed by atoms with Gasteiger partial charge in [-0.1, -0.05) is 67.1 Å². The molecular formula is C26H33ClN2O2. The van der Waals surface area contributed by atoms with Crippen molar-refractivity contribution in [2.45, 2.75) is 58.0 Å². The Labute approximate surface area is 191 Å². The lowest BCUT2D eigenvalue weighted by atomic mass is 9.87. The van der Waals surface area contributed by atoms with Gasteiger partial charge in [0.1, 0.15) is 11.9 Å². The fourth-order valence-electron chi connectivity index (χ4n) is 4.27. The maximum atomic E-state index is 13.5. The summed E-state index contributed by atoms with van der Waals surface area (Å²) in [4.78, 5) is 28.0. The molecule has 2 aromatic carbocycles. The van der Waals surface area contributed by atoms with Crippen LogP contribution in [0.5, 0.6) is 0 Å². The predicted octanol–water partition coefficient (Wildman–Crippen LogP) is 5.04. The van der Waals surface area contributed by atoms with Crippen molar-refractivity contribution >= 4 is 23.4 Å². The van der Waals surface area contributed by atoms with E-state index in [1.54, 1.807) is 4.90 Å². The standard InChI is InChI=1S/C26H33ClN2O2/c1-19-8-12-22(13-9-19)25(26(31)28-23-14-10-20(2)11-15-23)29(24(30)18-27)17-16-21-6-4-3-5-7-21/h3-9,12-13,20,23,25H,10-11,14-18H2,1-2H3,(H,28,31)/t20?,23?,25-/m1/s1. The monoisotopic (exact) mass is 440 g/mol. The Morgan fingerprint density at radius 2 is 1.68 bits per heavy atom. The second-order valence-electron chi connectivity index (χ2n) is 8.73. The summed E-state index contributed by atoms with van der Waals surface area (Å²) in [5.41, 5.74) is 3.06. The number of amides is 2. The van der Waals surface area contributed by atoms with Gasteiger partial charge < -0.3 is 10.2 Å². The van der Waals surface area contributed by atoms with Crippen LogP contribution >= 0.6 is 11.6 Å². The summed E-state index contributed by atoms with van der Waals surface area (Å²) in [5, 5.41) is 3.23. The topological polar surface area (TPSA) is 49.4 Å². The molecular weight excluding hydrogens is 408 g/mol. The zero-order valence-corrected chi connectivity index (χ0v) is 19.3. The molecule has 1 fully saturated rings. The lowest BCUT2D eigenvalue weighted by molar-refractivity contribution is -0.139. The Morgan fingerprint density at radius 1 is 1.03 bits per heavy atom. The third-order valence-corrected chi connectivity index (χ3v) is 6.46. The molecule has 0 aliphatic heterocycles. The number of benzene rings is 2. The van der Waals surface area contributed by atoms with Crippen LogP contribution in [0.15, 0.2) is 54.6 Å². The molecule has 3 rings (SSSR count). The van der Waals surface area contributed by atoms with E-state index in [9.17, 15) is 9.59 Å². The van der Waals surface area contributed by atoms with Gasteiger partial charge in [-0.3, -0.25) is 9.59 Å². The molecule has 0 spiro atoms. The van der Waals surface area contributed by atoms with Gasteiger partial charge in [0.25, 0.3) is 0 Å². The maximum absolute atomic E-state index is 13.5. The smallest absolute Gasteiger partial charge is 0.247 e. The summed E-state index contributed by atoms with van der Waals surface area (Å²) in [6.07, 6.45) is 4.89. The van der Waals surface area contributed by atoms with Crippen molar-refractivity contribution in [1.29, 1.82) is 0 Å². The van der Waals surface area contributed by atoms with Crippen LogP contribution in [0.3, 0.4) is 0 Å². The summed E-state index contributed by atoms with van der Waals surface area (Å²) >= 11 is 5.97. The number of halogens is 1. The van der Waals surface area contributed by atoms with Gasteiger partial charge in [0.15, 0.2) is 0 Å². The molecule has 0 aromatic heterocycles. The van der Waals surface area contributed by atoms with Crippen molar-refractivity contribution in [2.24, 2.45) is 5.92 Å². The van der Waals surface area contributed by atoms with Crippen molar-refractivity contribution in [2.75, 3.05) is 12.4 Å². The highest BCUT2D eigenvalue weighted by atomic mass is 35.5. The minimum atomic E-state index is -0.685. The molecule has 0 bridgehead atoms. The Bertz CT molecular complexity index is 845. The number of hydrogen-bond donors (Lipinski definition) is 1. The zero-order valence-electron chi connectivity index (χ0n) is 18.5. The molecule has 0 unspecified atom stereocenters. The average Bonchev–Trinajstić information content (AvgIpc) is 2.79. The average molecular weight is 441 g/mol. The molecule has 166 valence electrons. The minimum Gasteiger partial charge on any atom is -0.351 e. The van der Waals surface area contributed by atoms with E-state index in [0.717, 1.165) is 42.4 Å². The third kappa shape index (κ3) is 6.57. The van der Waals surface area contributed by atoms with E-state index in [1.807, 2.05) is 61.5 Å². The number of hydrogen-bond acceptors (Lipinski definition) is 2. The van der Waals surface area contributed by atoms with Crippen LogP contribution in [0.2, 0.25) is 0 Å². The Hall–Kier alpha value is -2.33. The number of carbonyl (C=O) groups excluding carboxylic acids is 2. The van der Waals surface area contributed by atoms with Gasteiger partial charge in [-0.25, -0.2) is 0 Å². The highest BCUT2D eigenvalue weighted by Gasteiger charge is 2.32. The predicted molar refractivity (Wildman–Crippen MR) is 126 cm³/mol. The molecule has 2 aromatic rings. The highest BCUT2D eigenvalue weighted by molar-refractivity contribution is 6.27. The molecule has 1 aliphatic rings. The summed E-state index contributed by atoms with van der Waals surface area (Å²) in [5.74, 6) is 0.220. The molecule has 4 nitrogen and oxygen atoms in total. The van der Waals surface area contributed by atoms with Gasteiger partial charge in [-0.2, -0.15) is 0 Å². The van der Waals surface area contributed by atoms with Gasteiger partial charge in [0.05, 0.1) is 0 Å².